The fourth-order valence-corrected chi connectivity index (χ4v) is 4.34. The molecule has 0 bridgehead atoms. The van der Waals surface area contributed by atoms with E-state index < -0.39 is 23.6 Å². The Labute approximate surface area is 277 Å². The molecule has 3 heterocycles. The summed E-state index contributed by atoms with van der Waals surface area (Å²) >= 11 is 0. The third-order valence-electron chi connectivity index (χ3n) is 6.72. The van der Waals surface area contributed by atoms with E-state index in [-0.39, 0.29) is 31.1 Å². The van der Waals surface area contributed by atoms with Crippen molar-refractivity contribution in [2.45, 2.75) is 32.4 Å². The normalized spacial score (nSPS) is 13.0. The summed E-state index contributed by atoms with van der Waals surface area (Å²) in [5, 5.41) is 6.11. The molecule has 1 aliphatic rings. The predicted octanol–water partition coefficient (Wildman–Crippen LogP) is 8.83. The largest absolute Gasteiger partial charge is 3.00 e. The summed E-state index contributed by atoms with van der Waals surface area (Å²) in [4.78, 5) is 9.11. The molecule has 3 aromatic carbocycles. The van der Waals surface area contributed by atoms with Crippen molar-refractivity contribution in [3.05, 3.63) is 151 Å². The molecule has 0 amide bonds. The summed E-state index contributed by atoms with van der Waals surface area (Å²) in [5.74, 6) is -1.10. The van der Waals surface area contributed by atoms with E-state index in [1.807, 2.05) is 71.6 Å². The van der Waals surface area contributed by atoms with Gasteiger partial charge in [0.15, 0.2) is 0 Å². The molecule has 5 aromatic rings. The molecule has 46 heavy (non-hydrogen) atoms. The van der Waals surface area contributed by atoms with E-state index in [0.717, 1.165) is 35.0 Å². The van der Waals surface area contributed by atoms with Gasteiger partial charge in [0, 0.05) is 17.4 Å². The zero-order valence-electron chi connectivity index (χ0n) is 24.9. The van der Waals surface area contributed by atoms with E-state index in [0.29, 0.717) is 17.2 Å². The minimum atomic E-state index is -4.39. The van der Waals surface area contributed by atoms with Crippen LogP contribution in [0.4, 0.5) is 33.3 Å². The van der Waals surface area contributed by atoms with Crippen molar-refractivity contribution in [1.82, 2.24) is 9.97 Å². The van der Waals surface area contributed by atoms with Crippen molar-refractivity contribution in [3.63, 3.8) is 0 Å². The van der Waals surface area contributed by atoms with Crippen LogP contribution in [0.2, 0.25) is 0 Å². The first-order chi connectivity index (χ1) is 21.4. The number of para-hydroxylation sites is 1. The molecule has 1 aliphatic heterocycles. The van der Waals surface area contributed by atoms with Crippen LogP contribution in [0.1, 0.15) is 37.5 Å². The molecule has 0 saturated heterocycles. The quantitative estimate of drug-likeness (QED) is 0.104. The van der Waals surface area contributed by atoms with Gasteiger partial charge in [-0.2, -0.15) is 36.5 Å². The van der Waals surface area contributed by atoms with Gasteiger partial charge in [-0.15, -0.1) is 18.8 Å². The minimum Gasteiger partial charge on any atom is -0.456 e. The molecule has 0 fully saturated rings. The molecule has 0 spiro atoms. The van der Waals surface area contributed by atoms with Crippen molar-refractivity contribution < 1.29 is 42.1 Å². The first kappa shape index (κ1) is 34.4. The van der Waals surface area contributed by atoms with E-state index in [1.165, 1.54) is 11.1 Å². The van der Waals surface area contributed by atoms with Crippen molar-refractivity contribution in [2.75, 3.05) is 9.91 Å². The first-order valence-corrected chi connectivity index (χ1v) is 13.8. The zero-order valence-corrected chi connectivity index (χ0v) is 27.2. The van der Waals surface area contributed by atoms with Crippen LogP contribution in [0.15, 0.2) is 108 Å². The van der Waals surface area contributed by atoms with Gasteiger partial charge in [-0.1, -0.05) is 98.2 Å². The molecule has 236 valence electrons. The third-order valence-corrected chi connectivity index (χ3v) is 6.72. The number of amidine groups is 1. The van der Waals surface area contributed by atoms with Crippen LogP contribution in [0, 0.1) is 30.7 Å². The first-order valence-electron chi connectivity index (χ1n) is 13.8. The van der Waals surface area contributed by atoms with Gasteiger partial charge in [0.2, 0.25) is 0 Å². The van der Waals surface area contributed by atoms with E-state index >= 15 is 0 Å². The summed E-state index contributed by atoms with van der Waals surface area (Å²) < 4.78 is 64.6. The van der Waals surface area contributed by atoms with Gasteiger partial charge in [-0.05, 0) is 34.9 Å². The fraction of sp³-hybridized carbons (Fsp3) is 0.143. The Hall–Kier alpha value is -4.47. The number of aromatic nitrogens is 2. The van der Waals surface area contributed by atoms with Crippen LogP contribution in [0.3, 0.4) is 0 Å². The van der Waals surface area contributed by atoms with Gasteiger partial charge in [-0.3, -0.25) is 4.98 Å². The number of anilines is 2. The number of pyridine rings is 2. The number of hydrogen-bond acceptors (Lipinski definition) is 5. The Bertz CT molecular complexity index is 1770. The summed E-state index contributed by atoms with van der Waals surface area (Å²) in [6.45, 7) is 7.88. The molecule has 0 aliphatic carbocycles. The topological polar surface area (TPSA) is 44.6 Å². The number of benzene rings is 3. The van der Waals surface area contributed by atoms with Crippen LogP contribution in [-0.4, -0.2) is 15.8 Å². The van der Waals surface area contributed by atoms with Gasteiger partial charge >= 0.3 is 26.3 Å². The smallest absolute Gasteiger partial charge is 0.456 e. The summed E-state index contributed by atoms with van der Waals surface area (Å²) in [7, 11) is 0. The monoisotopic (exact) mass is 805 g/mol. The van der Waals surface area contributed by atoms with Crippen LogP contribution in [0.5, 0.6) is 0 Å². The number of alkyl halides is 3. The minimum absolute atomic E-state index is 0. The Morgan fingerprint density at radius 1 is 0.783 bits per heavy atom. The maximum Gasteiger partial charge on any atom is 3.00 e. The summed E-state index contributed by atoms with van der Waals surface area (Å²) in [5.41, 5.74) is 2.93. The van der Waals surface area contributed by atoms with Gasteiger partial charge < -0.3 is 14.9 Å². The van der Waals surface area contributed by atoms with E-state index in [4.69, 9.17) is 0 Å². The molecule has 6 rings (SSSR count). The van der Waals surface area contributed by atoms with Crippen LogP contribution in [-0.2, 0) is 31.7 Å². The van der Waals surface area contributed by atoms with Crippen molar-refractivity contribution in [1.29, 1.82) is 0 Å². The van der Waals surface area contributed by atoms with Crippen molar-refractivity contribution in [2.24, 2.45) is 5.10 Å². The SMILES string of the molecule is CC(C)(C)c1ccnc(-c2[c-]cc(F)nc2F)c1.FC(F)(F)c1c[c-]c(N2[CH-]N(c3ccccc3)C(c3ccccc3)=N2)cc1.[Ir+3]. The molecule has 5 nitrogen and oxygen atoms in total. The second kappa shape index (κ2) is 14.3. The van der Waals surface area contributed by atoms with Crippen molar-refractivity contribution in [3.8, 4) is 11.3 Å². The van der Waals surface area contributed by atoms with Crippen LogP contribution < -0.4 is 9.91 Å². The molecule has 0 atom stereocenters. The Morgan fingerprint density at radius 2 is 1.46 bits per heavy atom. The number of hydrazone groups is 1. The van der Waals surface area contributed by atoms with Gasteiger partial charge in [0.1, 0.15) is 17.7 Å². The molecule has 0 radical (unpaired) electrons. The van der Waals surface area contributed by atoms with Crippen LogP contribution >= 0.6 is 0 Å². The van der Waals surface area contributed by atoms with E-state index in [9.17, 15) is 22.0 Å². The standard InChI is InChI=1S/C21H14F3N3.C14H13F2N2.Ir/c22-21(23,24)17-11-13-19(14-12-17)27-15-26(18-9-5-2-6-10-18)20(25-27)16-7-3-1-4-8-16;1-14(2,3)9-6-7-17-11(8-9)10-4-5-12(15)18-13(10)16;/h1-13,15H;5-8H,1-3H3;/q-2;-1;+3. The molecule has 0 N–H and O–H groups in total. The number of nitrogens with zero attached hydrogens (tertiary/aromatic N) is 5. The fourth-order valence-electron chi connectivity index (χ4n) is 4.34. The Balaban J connectivity index is 0.000000221. The third kappa shape index (κ3) is 8.21. The number of rotatable bonds is 4. The van der Waals surface area contributed by atoms with E-state index in [2.05, 4.69) is 48.0 Å². The van der Waals surface area contributed by atoms with Gasteiger partial charge in [-0.25, -0.2) is 8.78 Å². The number of halogens is 5. The molecule has 0 unspecified atom stereocenters. The summed E-state index contributed by atoms with van der Waals surface area (Å²) in [6.07, 6.45) is -2.79. The Morgan fingerprint density at radius 3 is 2.04 bits per heavy atom. The summed E-state index contributed by atoms with van der Waals surface area (Å²) in [6, 6.07) is 32.4. The molecule has 2 aromatic heterocycles. The van der Waals surface area contributed by atoms with E-state index in [1.54, 1.807) is 18.9 Å². The molecule has 11 heteroatoms. The Kier molecular flexibility index (Phi) is 10.7. The average Bonchev–Trinajstić information content (AvgIpc) is 3.47. The molecule has 0 saturated carbocycles. The zero-order chi connectivity index (χ0) is 32.2. The second-order valence-corrected chi connectivity index (χ2v) is 11.0. The van der Waals surface area contributed by atoms with Crippen molar-refractivity contribution >= 4 is 17.2 Å². The average molecular weight is 805 g/mol. The maximum absolute atomic E-state index is 13.5. The molecular weight excluding hydrogens is 778 g/mol. The predicted molar refractivity (Wildman–Crippen MR) is 164 cm³/mol. The number of hydrogen-bond donors (Lipinski definition) is 0. The van der Waals surface area contributed by atoms with Gasteiger partial charge in [0.05, 0.1) is 0 Å². The van der Waals surface area contributed by atoms with Crippen LogP contribution in [0.25, 0.3) is 11.3 Å². The van der Waals surface area contributed by atoms with Gasteiger partial charge in [0.25, 0.3) is 0 Å². The maximum atomic E-state index is 13.5. The second-order valence-electron chi connectivity index (χ2n) is 11.0. The molecular formula is C35H27F5IrN5.